The number of carbonyl (C=O) groups excluding carboxylic acids is 1. The maximum atomic E-state index is 13.5. The number of amides is 1. The smallest absolute Gasteiger partial charge is 0.254 e. The van der Waals surface area contributed by atoms with Gasteiger partial charge < -0.3 is 10.6 Å². The number of nitrogens with two attached hydrogens (primary N) is 1. The van der Waals surface area contributed by atoms with Crippen LogP contribution < -0.4 is 5.73 Å². The lowest BCUT2D eigenvalue weighted by Gasteiger charge is -2.23. The summed E-state index contributed by atoms with van der Waals surface area (Å²) in [6, 6.07) is 2.25. The second kappa shape index (κ2) is 5.77. The van der Waals surface area contributed by atoms with Crippen molar-refractivity contribution in [1.82, 2.24) is 4.90 Å². The van der Waals surface area contributed by atoms with E-state index in [0.717, 1.165) is 31.4 Å². The molecule has 110 valence electrons. The molecular formula is C15H20F2N2O. The normalized spacial score (nSPS) is 14.7. The minimum atomic E-state index is -0.882. The molecule has 1 aliphatic rings. The molecule has 1 amide bonds. The largest absolute Gasteiger partial charge is 0.394 e. The van der Waals surface area contributed by atoms with E-state index in [-0.39, 0.29) is 17.5 Å². The van der Waals surface area contributed by atoms with Gasteiger partial charge in [0.1, 0.15) is 17.3 Å². The van der Waals surface area contributed by atoms with E-state index in [2.05, 4.69) is 13.8 Å². The number of rotatable bonds is 5. The third-order valence-electron chi connectivity index (χ3n) is 3.52. The van der Waals surface area contributed by atoms with Gasteiger partial charge in [-0.2, -0.15) is 0 Å². The molecule has 1 aromatic carbocycles. The first-order valence-electron chi connectivity index (χ1n) is 6.95. The maximum absolute atomic E-state index is 13.5. The van der Waals surface area contributed by atoms with Gasteiger partial charge in [0.2, 0.25) is 0 Å². The van der Waals surface area contributed by atoms with Gasteiger partial charge in [-0.15, -0.1) is 0 Å². The van der Waals surface area contributed by atoms with Crippen LogP contribution in [0, 0.1) is 17.6 Å². The van der Waals surface area contributed by atoms with Crippen LogP contribution in [0.4, 0.5) is 14.5 Å². The van der Waals surface area contributed by atoms with E-state index in [9.17, 15) is 13.6 Å². The zero-order valence-corrected chi connectivity index (χ0v) is 11.8. The second-order valence-corrected chi connectivity index (χ2v) is 5.77. The zero-order chi connectivity index (χ0) is 14.9. The molecule has 1 aromatic rings. The van der Waals surface area contributed by atoms with Crippen molar-refractivity contribution in [1.29, 1.82) is 0 Å². The monoisotopic (exact) mass is 282 g/mol. The van der Waals surface area contributed by atoms with Crippen LogP contribution in [0.3, 0.4) is 0 Å². The third kappa shape index (κ3) is 3.26. The molecule has 5 heteroatoms. The fourth-order valence-corrected chi connectivity index (χ4v) is 2.11. The van der Waals surface area contributed by atoms with E-state index in [0.29, 0.717) is 12.5 Å². The second-order valence-electron chi connectivity index (χ2n) is 5.77. The summed E-state index contributed by atoms with van der Waals surface area (Å²) in [6.07, 6.45) is 2.80. The molecule has 0 heterocycles. The lowest BCUT2D eigenvalue weighted by atomic mass is 10.1. The van der Waals surface area contributed by atoms with Crippen molar-refractivity contribution >= 4 is 11.6 Å². The number of hydrogen-bond acceptors (Lipinski definition) is 2. The summed E-state index contributed by atoms with van der Waals surface area (Å²) in [5.41, 5.74) is 4.71. The topological polar surface area (TPSA) is 46.3 Å². The Kier molecular flexibility index (Phi) is 4.26. The minimum Gasteiger partial charge on any atom is -0.394 e. The van der Waals surface area contributed by atoms with Gasteiger partial charge in [0.25, 0.3) is 5.91 Å². The molecule has 0 atom stereocenters. The number of anilines is 1. The fraction of sp³-hybridized carbons (Fsp3) is 0.533. The summed E-state index contributed by atoms with van der Waals surface area (Å²) in [6.45, 7) is 4.78. The Bertz CT molecular complexity index is 490. The average Bonchev–Trinajstić information content (AvgIpc) is 3.19. The lowest BCUT2D eigenvalue weighted by Crippen LogP contribution is -2.34. The molecule has 1 fully saturated rings. The summed E-state index contributed by atoms with van der Waals surface area (Å²) < 4.78 is 26.9. The van der Waals surface area contributed by atoms with Crippen molar-refractivity contribution < 1.29 is 13.6 Å². The number of benzene rings is 1. The predicted octanol–water partition coefficient (Wildman–Crippen LogP) is 3.20. The van der Waals surface area contributed by atoms with Crippen LogP contribution >= 0.6 is 0 Å². The lowest BCUT2D eigenvalue weighted by molar-refractivity contribution is 0.0734. The molecule has 2 rings (SSSR count). The van der Waals surface area contributed by atoms with Gasteiger partial charge in [-0.25, -0.2) is 8.78 Å². The van der Waals surface area contributed by atoms with E-state index in [4.69, 9.17) is 5.73 Å². The zero-order valence-electron chi connectivity index (χ0n) is 11.8. The molecule has 0 unspecified atom stereocenters. The molecule has 0 aromatic heterocycles. The van der Waals surface area contributed by atoms with E-state index in [1.807, 2.05) is 0 Å². The van der Waals surface area contributed by atoms with Gasteiger partial charge >= 0.3 is 0 Å². The summed E-state index contributed by atoms with van der Waals surface area (Å²) >= 11 is 0. The van der Waals surface area contributed by atoms with Crippen LogP contribution in [0.2, 0.25) is 0 Å². The van der Waals surface area contributed by atoms with Crippen molar-refractivity contribution in [3.05, 3.63) is 29.3 Å². The number of nitrogen functional groups attached to an aromatic ring is 1. The SMILES string of the molecule is CC(C)CCN(C(=O)c1cc(F)c(N)c(F)c1)C1CC1. The van der Waals surface area contributed by atoms with Crippen LogP contribution in [0.5, 0.6) is 0 Å². The highest BCUT2D eigenvalue weighted by molar-refractivity contribution is 5.95. The van der Waals surface area contributed by atoms with Crippen molar-refractivity contribution in [3.8, 4) is 0 Å². The molecule has 1 saturated carbocycles. The van der Waals surface area contributed by atoms with Crippen molar-refractivity contribution in [2.75, 3.05) is 12.3 Å². The molecule has 0 radical (unpaired) electrons. The highest BCUT2D eigenvalue weighted by Gasteiger charge is 2.33. The van der Waals surface area contributed by atoms with E-state index in [1.54, 1.807) is 4.90 Å². The van der Waals surface area contributed by atoms with Crippen LogP contribution in [0.25, 0.3) is 0 Å². The summed E-state index contributed by atoms with van der Waals surface area (Å²) in [4.78, 5) is 14.1. The molecule has 3 nitrogen and oxygen atoms in total. The van der Waals surface area contributed by atoms with Gasteiger partial charge in [0, 0.05) is 18.2 Å². The van der Waals surface area contributed by atoms with Gasteiger partial charge in [-0.05, 0) is 37.3 Å². The number of halogens is 2. The van der Waals surface area contributed by atoms with Crippen molar-refractivity contribution in [3.63, 3.8) is 0 Å². The van der Waals surface area contributed by atoms with Crippen molar-refractivity contribution in [2.45, 2.75) is 39.2 Å². The summed E-state index contributed by atoms with van der Waals surface area (Å²) in [5, 5.41) is 0. The van der Waals surface area contributed by atoms with Crippen LogP contribution in [-0.2, 0) is 0 Å². The first kappa shape index (κ1) is 14.8. The number of hydrogen-bond donors (Lipinski definition) is 1. The Morgan fingerprint density at radius 3 is 2.35 bits per heavy atom. The van der Waals surface area contributed by atoms with Gasteiger partial charge in [-0.1, -0.05) is 13.8 Å². The average molecular weight is 282 g/mol. The Morgan fingerprint density at radius 1 is 1.35 bits per heavy atom. The Labute approximate surface area is 117 Å². The first-order chi connectivity index (χ1) is 9.40. The van der Waals surface area contributed by atoms with Crippen LogP contribution in [0.1, 0.15) is 43.5 Å². The van der Waals surface area contributed by atoms with Gasteiger partial charge in [0.15, 0.2) is 0 Å². The van der Waals surface area contributed by atoms with Crippen LogP contribution in [0.15, 0.2) is 12.1 Å². The molecule has 0 saturated heterocycles. The van der Waals surface area contributed by atoms with Crippen molar-refractivity contribution in [2.24, 2.45) is 5.92 Å². The first-order valence-corrected chi connectivity index (χ1v) is 6.95. The quantitative estimate of drug-likeness (QED) is 0.843. The predicted molar refractivity (Wildman–Crippen MR) is 74.3 cm³/mol. The molecule has 0 aliphatic heterocycles. The van der Waals surface area contributed by atoms with E-state index >= 15 is 0 Å². The summed E-state index contributed by atoms with van der Waals surface area (Å²) in [7, 11) is 0. The van der Waals surface area contributed by atoms with Gasteiger partial charge in [-0.3, -0.25) is 4.79 Å². The van der Waals surface area contributed by atoms with E-state index < -0.39 is 17.3 Å². The van der Waals surface area contributed by atoms with E-state index in [1.165, 1.54) is 0 Å². The molecule has 0 bridgehead atoms. The summed E-state index contributed by atoms with van der Waals surface area (Å²) in [5.74, 6) is -1.60. The highest BCUT2D eigenvalue weighted by atomic mass is 19.1. The Hall–Kier alpha value is -1.65. The molecule has 2 N–H and O–H groups in total. The molecule has 1 aliphatic carbocycles. The Morgan fingerprint density at radius 2 is 1.90 bits per heavy atom. The minimum absolute atomic E-state index is 0.0323. The molecule has 0 spiro atoms. The Balaban J connectivity index is 2.19. The molecular weight excluding hydrogens is 262 g/mol. The fourth-order valence-electron chi connectivity index (χ4n) is 2.11. The third-order valence-corrected chi connectivity index (χ3v) is 3.52. The van der Waals surface area contributed by atoms with Gasteiger partial charge in [0.05, 0.1) is 0 Å². The standard InChI is InChI=1S/C15H20F2N2O/c1-9(2)5-6-19(11-3-4-11)15(20)10-7-12(16)14(18)13(17)8-10/h7-9,11H,3-6,18H2,1-2H3. The maximum Gasteiger partial charge on any atom is 0.254 e. The highest BCUT2D eigenvalue weighted by Crippen LogP contribution is 2.29. The number of carbonyl (C=O) groups is 1. The number of nitrogens with zero attached hydrogens (tertiary/aromatic N) is 1. The molecule has 20 heavy (non-hydrogen) atoms. The van der Waals surface area contributed by atoms with Crippen LogP contribution in [-0.4, -0.2) is 23.4 Å².